The number of carbonyl (C=O) groups is 4. The van der Waals surface area contributed by atoms with Crippen molar-refractivity contribution >= 4 is 46.5 Å². The molecule has 3 amide bonds. The molecule has 208 valence electrons. The fourth-order valence-electron chi connectivity index (χ4n) is 4.60. The van der Waals surface area contributed by atoms with E-state index < -0.39 is 29.2 Å². The van der Waals surface area contributed by atoms with E-state index in [0.717, 1.165) is 12.1 Å². The van der Waals surface area contributed by atoms with Crippen molar-refractivity contribution < 1.29 is 28.0 Å². The molecule has 2 aliphatic rings. The molecule has 0 fully saturated rings. The molecule has 2 aromatic carbocycles. The van der Waals surface area contributed by atoms with Crippen LogP contribution in [0.1, 0.15) is 29.7 Å². The Morgan fingerprint density at radius 3 is 2.71 bits per heavy atom. The van der Waals surface area contributed by atoms with Crippen LogP contribution in [0.5, 0.6) is 0 Å². The molecule has 9 nitrogen and oxygen atoms in total. The van der Waals surface area contributed by atoms with E-state index in [1.165, 1.54) is 18.5 Å². The summed E-state index contributed by atoms with van der Waals surface area (Å²) in [5.41, 5.74) is 3.31. The molecule has 0 radical (unpaired) electrons. The number of ketones is 1. The average molecular weight is 558 g/mol. The van der Waals surface area contributed by atoms with E-state index in [2.05, 4.69) is 25.9 Å². The summed E-state index contributed by atoms with van der Waals surface area (Å²) in [7, 11) is 0. The average Bonchev–Trinajstić information content (AvgIpc) is 3.57. The molecule has 1 aromatic heterocycles. The molecule has 11 heteroatoms. The van der Waals surface area contributed by atoms with Crippen molar-refractivity contribution in [3.8, 4) is 0 Å². The minimum atomic E-state index is -0.998. The molecule has 3 aromatic rings. The Labute approximate surface area is 233 Å². The van der Waals surface area contributed by atoms with Crippen LogP contribution < -0.4 is 16.0 Å². The summed E-state index contributed by atoms with van der Waals surface area (Å²) in [6.07, 6.45) is 9.95. The van der Waals surface area contributed by atoms with Crippen LogP contribution in [0.4, 0.5) is 20.2 Å². The molecular formula is C30H25F2N5O4. The predicted molar refractivity (Wildman–Crippen MR) is 148 cm³/mol. The zero-order chi connectivity index (χ0) is 28.9. The quantitative estimate of drug-likeness (QED) is 0.180. The van der Waals surface area contributed by atoms with Crippen LogP contribution in [0.25, 0.3) is 11.6 Å². The number of nitrogens with zero attached hydrogens (tertiary/aromatic N) is 1. The largest absolute Gasteiger partial charge is 0.352 e. The van der Waals surface area contributed by atoms with Gasteiger partial charge < -0.3 is 20.9 Å². The number of hydrogen-bond acceptors (Lipinski definition) is 5. The van der Waals surface area contributed by atoms with Crippen molar-refractivity contribution in [2.75, 3.05) is 17.2 Å². The van der Waals surface area contributed by atoms with Gasteiger partial charge in [0.15, 0.2) is 17.4 Å². The van der Waals surface area contributed by atoms with E-state index in [1.54, 1.807) is 42.6 Å². The predicted octanol–water partition coefficient (Wildman–Crippen LogP) is 3.94. The van der Waals surface area contributed by atoms with Crippen LogP contribution in [-0.2, 0) is 25.6 Å². The highest BCUT2D eigenvalue weighted by Gasteiger charge is 2.27. The molecule has 41 heavy (non-hydrogen) atoms. The Morgan fingerprint density at radius 1 is 1.07 bits per heavy atom. The third-order valence-electron chi connectivity index (χ3n) is 6.66. The molecule has 1 aliphatic heterocycles. The maximum atomic E-state index is 13.5. The van der Waals surface area contributed by atoms with Gasteiger partial charge in [-0.25, -0.2) is 13.8 Å². The highest BCUT2D eigenvalue weighted by atomic mass is 19.2. The minimum Gasteiger partial charge on any atom is -0.352 e. The van der Waals surface area contributed by atoms with Crippen LogP contribution in [0.15, 0.2) is 72.7 Å². The second-order valence-electron chi connectivity index (χ2n) is 9.58. The van der Waals surface area contributed by atoms with Crippen molar-refractivity contribution in [1.29, 1.82) is 0 Å². The first-order valence-corrected chi connectivity index (χ1v) is 12.9. The number of aromatic nitrogens is 2. The number of allylic oxidation sites excluding steroid dienone is 3. The first kappa shape index (κ1) is 27.4. The Balaban J connectivity index is 1.10. The van der Waals surface area contributed by atoms with Gasteiger partial charge in [0, 0.05) is 35.8 Å². The van der Waals surface area contributed by atoms with Crippen LogP contribution in [0.2, 0.25) is 0 Å². The van der Waals surface area contributed by atoms with Crippen molar-refractivity contribution in [2.45, 2.75) is 19.3 Å². The summed E-state index contributed by atoms with van der Waals surface area (Å²) in [6.45, 7) is 0.161. The number of amides is 3. The number of hydrogen-bond donors (Lipinski definition) is 4. The number of anilines is 2. The number of rotatable bonds is 9. The molecule has 1 unspecified atom stereocenters. The molecule has 1 atom stereocenters. The van der Waals surface area contributed by atoms with Gasteiger partial charge in [0.25, 0.3) is 11.8 Å². The molecule has 0 saturated heterocycles. The molecule has 0 spiro atoms. The highest BCUT2D eigenvalue weighted by Crippen LogP contribution is 2.35. The summed E-state index contributed by atoms with van der Waals surface area (Å²) in [4.78, 5) is 57.2. The van der Waals surface area contributed by atoms with Gasteiger partial charge in [-0.2, -0.15) is 0 Å². The second kappa shape index (κ2) is 11.9. The number of H-pyrrole nitrogens is 1. The lowest BCUT2D eigenvalue weighted by atomic mass is 9.87. The van der Waals surface area contributed by atoms with E-state index in [9.17, 15) is 28.0 Å². The summed E-state index contributed by atoms with van der Waals surface area (Å²) < 4.78 is 26.7. The van der Waals surface area contributed by atoms with Crippen LogP contribution >= 0.6 is 0 Å². The topological polar surface area (TPSA) is 133 Å². The maximum Gasteiger partial charge on any atom is 0.256 e. The van der Waals surface area contributed by atoms with E-state index in [1.807, 2.05) is 0 Å². The zero-order valence-electron chi connectivity index (χ0n) is 21.7. The maximum absolute atomic E-state index is 13.5. The lowest BCUT2D eigenvalue weighted by Gasteiger charge is -2.17. The van der Waals surface area contributed by atoms with E-state index in [0.29, 0.717) is 40.2 Å². The molecule has 2 heterocycles. The number of Topliss-reactive ketones (excluding diaryl/α,β-unsaturated/α-hetero) is 1. The van der Waals surface area contributed by atoms with E-state index >= 15 is 0 Å². The van der Waals surface area contributed by atoms with Gasteiger partial charge in [-0.15, -0.1) is 0 Å². The van der Waals surface area contributed by atoms with Crippen molar-refractivity contribution in [3.05, 3.63) is 101 Å². The van der Waals surface area contributed by atoms with Crippen molar-refractivity contribution in [3.63, 3.8) is 0 Å². The fraction of sp³-hybridized carbons (Fsp3) is 0.167. The Bertz CT molecular complexity index is 1630. The van der Waals surface area contributed by atoms with Gasteiger partial charge in [0.2, 0.25) is 5.91 Å². The molecule has 1 aliphatic carbocycles. The Morgan fingerprint density at radius 2 is 1.93 bits per heavy atom. The number of imidazole rings is 1. The standard InChI is InChI=1S/C30H25F2N5O4/c31-24-8-6-17(12-25(24)32)11-18-3-1-4-21(28(18)39)29(40)34-10-2-5-27(38)36-19-7-9-26-22(13-19)23(30(41)37-26)14-20-15-33-16-35-20/h1,3-4,6-9,12-16,18H,2,5,10-11H2,(H,33,35)(H,34,40)(H,36,38)(H,37,41)/b23-14-. The number of fused-ring (bicyclic) bond motifs is 1. The molecular weight excluding hydrogens is 532 g/mol. The molecule has 0 bridgehead atoms. The normalized spacial score (nSPS) is 16.8. The van der Waals surface area contributed by atoms with Crippen molar-refractivity contribution in [1.82, 2.24) is 15.3 Å². The van der Waals surface area contributed by atoms with Gasteiger partial charge in [-0.3, -0.25) is 19.2 Å². The lowest BCUT2D eigenvalue weighted by molar-refractivity contribution is -0.124. The van der Waals surface area contributed by atoms with Gasteiger partial charge in [0.05, 0.1) is 29.4 Å². The molecule has 0 saturated carbocycles. The smallest absolute Gasteiger partial charge is 0.256 e. The van der Waals surface area contributed by atoms with E-state index in [4.69, 9.17) is 0 Å². The van der Waals surface area contributed by atoms with Gasteiger partial charge in [0.1, 0.15) is 0 Å². The van der Waals surface area contributed by atoms with Gasteiger partial charge in [-0.05, 0) is 60.9 Å². The third-order valence-corrected chi connectivity index (χ3v) is 6.66. The summed E-state index contributed by atoms with van der Waals surface area (Å²) in [6, 6.07) is 8.54. The van der Waals surface area contributed by atoms with E-state index in [-0.39, 0.29) is 36.8 Å². The number of aromatic amines is 1. The number of benzene rings is 2. The first-order valence-electron chi connectivity index (χ1n) is 12.9. The number of nitrogens with one attached hydrogen (secondary N) is 4. The summed E-state index contributed by atoms with van der Waals surface area (Å²) in [5.74, 6) is -4.17. The van der Waals surface area contributed by atoms with Crippen LogP contribution in [0.3, 0.4) is 0 Å². The zero-order valence-corrected chi connectivity index (χ0v) is 21.7. The monoisotopic (exact) mass is 557 g/mol. The summed E-state index contributed by atoms with van der Waals surface area (Å²) in [5, 5.41) is 8.24. The fourth-order valence-corrected chi connectivity index (χ4v) is 4.60. The third kappa shape index (κ3) is 6.35. The highest BCUT2D eigenvalue weighted by molar-refractivity contribution is 6.35. The number of halogens is 2. The van der Waals surface area contributed by atoms with Crippen molar-refractivity contribution in [2.24, 2.45) is 5.92 Å². The molecule has 5 rings (SSSR count). The first-order chi connectivity index (χ1) is 19.8. The Hall–Kier alpha value is -5.19. The Kier molecular flexibility index (Phi) is 7.95. The summed E-state index contributed by atoms with van der Waals surface area (Å²) >= 11 is 0. The van der Waals surface area contributed by atoms with Gasteiger partial charge >= 0.3 is 0 Å². The van der Waals surface area contributed by atoms with Crippen LogP contribution in [0, 0.1) is 17.6 Å². The molecule has 4 N–H and O–H groups in total. The lowest BCUT2D eigenvalue weighted by Crippen LogP contribution is -2.33. The minimum absolute atomic E-state index is 0.0372. The van der Waals surface area contributed by atoms with Crippen LogP contribution in [-0.4, -0.2) is 40.0 Å². The SMILES string of the molecule is O=C(CCCNC(=O)C1=CC=CC(Cc2ccc(F)c(F)c2)C1=O)Nc1ccc2c(c1)/C(=C/c1cnc[nH]1)C(=O)N2. The second-order valence-corrected chi connectivity index (χ2v) is 9.58. The van der Waals surface area contributed by atoms with Gasteiger partial charge in [-0.1, -0.05) is 18.2 Å². The number of carbonyl (C=O) groups excluding carboxylic acids is 4.